The van der Waals surface area contributed by atoms with Gasteiger partial charge in [0.15, 0.2) is 0 Å². The lowest BCUT2D eigenvalue weighted by Crippen LogP contribution is -2.40. The smallest absolute Gasteiger partial charge is 0.335 e. The Bertz CT molecular complexity index is 915. The molecule has 4 heteroatoms. The number of ether oxygens (including phenoxy) is 1. The molecule has 1 aliphatic heterocycles. The summed E-state index contributed by atoms with van der Waals surface area (Å²) in [6, 6.07) is 13.8. The number of fused-ring (bicyclic) bond motifs is 1. The van der Waals surface area contributed by atoms with Crippen molar-refractivity contribution in [2.45, 2.75) is 45.1 Å². The predicted molar refractivity (Wildman–Crippen MR) is 102 cm³/mol. The lowest BCUT2D eigenvalue weighted by molar-refractivity contribution is -0.150. The van der Waals surface area contributed by atoms with Crippen molar-refractivity contribution in [3.63, 3.8) is 0 Å². The molecule has 0 saturated heterocycles. The van der Waals surface area contributed by atoms with Gasteiger partial charge in [-0.25, -0.2) is 4.79 Å². The van der Waals surface area contributed by atoms with Gasteiger partial charge >= 0.3 is 5.97 Å². The third-order valence-corrected chi connectivity index (χ3v) is 5.77. The molecular formula is C22H23NO3. The number of carbonyl (C=O) groups is 2. The summed E-state index contributed by atoms with van der Waals surface area (Å²) in [4.78, 5) is 25.4. The minimum Gasteiger partial charge on any atom is -0.451 e. The molecule has 1 spiro atoms. The third-order valence-electron chi connectivity index (χ3n) is 5.77. The SMILES string of the molecule is CC1=C(C(=O)Nc2cccc3ccccc23)C2(CCC(C)CC2)OC1=O. The molecule has 1 N–H and O–H groups in total. The zero-order valence-electron chi connectivity index (χ0n) is 15.2. The van der Waals surface area contributed by atoms with E-state index in [1.54, 1.807) is 6.92 Å². The molecule has 2 aliphatic rings. The highest BCUT2D eigenvalue weighted by Crippen LogP contribution is 2.45. The van der Waals surface area contributed by atoms with Crippen LogP contribution in [0.3, 0.4) is 0 Å². The molecule has 134 valence electrons. The van der Waals surface area contributed by atoms with Crippen LogP contribution in [0.15, 0.2) is 53.6 Å². The number of hydrogen-bond donors (Lipinski definition) is 1. The van der Waals surface area contributed by atoms with Crippen molar-refractivity contribution in [1.82, 2.24) is 0 Å². The van der Waals surface area contributed by atoms with Crippen LogP contribution >= 0.6 is 0 Å². The Hall–Kier alpha value is -2.62. The van der Waals surface area contributed by atoms with Crippen LogP contribution in [0, 0.1) is 5.92 Å². The van der Waals surface area contributed by atoms with Gasteiger partial charge in [-0.2, -0.15) is 0 Å². The number of esters is 1. The molecule has 0 bridgehead atoms. The molecule has 0 radical (unpaired) electrons. The van der Waals surface area contributed by atoms with E-state index in [1.807, 2.05) is 42.5 Å². The fourth-order valence-corrected chi connectivity index (χ4v) is 4.23. The van der Waals surface area contributed by atoms with Crippen LogP contribution in [0.5, 0.6) is 0 Å². The summed E-state index contributed by atoms with van der Waals surface area (Å²) < 4.78 is 5.74. The number of rotatable bonds is 2. The molecule has 2 aromatic carbocycles. The van der Waals surface area contributed by atoms with Crippen LogP contribution < -0.4 is 5.32 Å². The molecule has 26 heavy (non-hydrogen) atoms. The van der Waals surface area contributed by atoms with Crippen molar-refractivity contribution in [2.75, 3.05) is 5.32 Å². The normalized spacial score (nSPS) is 25.6. The Morgan fingerprint density at radius 3 is 2.58 bits per heavy atom. The molecule has 1 fully saturated rings. The standard InChI is InChI=1S/C22H23NO3/c1-14-10-12-22(13-11-14)19(15(2)21(25)26-22)20(24)23-18-9-5-7-16-6-3-4-8-17(16)18/h3-9,14H,10-13H2,1-2H3,(H,23,24). The minimum atomic E-state index is -0.748. The van der Waals surface area contributed by atoms with E-state index in [4.69, 9.17) is 4.74 Å². The van der Waals surface area contributed by atoms with Crippen molar-refractivity contribution in [3.05, 3.63) is 53.6 Å². The van der Waals surface area contributed by atoms with Crippen LogP contribution in [0.4, 0.5) is 5.69 Å². The first kappa shape index (κ1) is 16.8. The molecule has 1 heterocycles. The van der Waals surface area contributed by atoms with Gasteiger partial charge in [0, 0.05) is 16.6 Å². The monoisotopic (exact) mass is 349 g/mol. The number of carbonyl (C=O) groups excluding carboxylic acids is 2. The van der Waals surface area contributed by atoms with Gasteiger partial charge in [-0.3, -0.25) is 4.79 Å². The van der Waals surface area contributed by atoms with E-state index in [0.29, 0.717) is 17.1 Å². The van der Waals surface area contributed by atoms with Crippen molar-refractivity contribution in [2.24, 2.45) is 5.92 Å². The van der Waals surface area contributed by atoms with E-state index < -0.39 is 5.60 Å². The van der Waals surface area contributed by atoms with Crippen LogP contribution in [-0.2, 0) is 14.3 Å². The van der Waals surface area contributed by atoms with Crippen molar-refractivity contribution < 1.29 is 14.3 Å². The zero-order valence-corrected chi connectivity index (χ0v) is 15.2. The summed E-state index contributed by atoms with van der Waals surface area (Å²) in [5.41, 5.74) is 0.967. The lowest BCUT2D eigenvalue weighted by atomic mass is 9.75. The van der Waals surface area contributed by atoms with Crippen molar-refractivity contribution >= 4 is 28.3 Å². The van der Waals surface area contributed by atoms with Gasteiger partial charge in [0.2, 0.25) is 0 Å². The Morgan fingerprint density at radius 2 is 1.81 bits per heavy atom. The number of benzene rings is 2. The molecule has 0 aromatic heterocycles. The molecule has 0 unspecified atom stereocenters. The highest BCUT2D eigenvalue weighted by Gasteiger charge is 2.50. The van der Waals surface area contributed by atoms with E-state index in [0.717, 1.165) is 42.1 Å². The number of amides is 1. The van der Waals surface area contributed by atoms with E-state index >= 15 is 0 Å². The lowest BCUT2D eigenvalue weighted by Gasteiger charge is -2.36. The second-order valence-corrected chi connectivity index (χ2v) is 7.55. The average Bonchev–Trinajstić information content (AvgIpc) is 2.88. The van der Waals surface area contributed by atoms with Crippen LogP contribution in [0.1, 0.15) is 39.5 Å². The fraction of sp³-hybridized carbons (Fsp3) is 0.364. The maximum absolute atomic E-state index is 13.2. The second kappa shape index (κ2) is 6.27. The predicted octanol–water partition coefficient (Wildman–Crippen LogP) is 4.60. The summed E-state index contributed by atoms with van der Waals surface area (Å²) in [7, 11) is 0. The van der Waals surface area contributed by atoms with Crippen LogP contribution in [0.2, 0.25) is 0 Å². The summed E-state index contributed by atoms with van der Waals surface area (Å²) in [5.74, 6) is 0.0180. The first-order valence-electron chi connectivity index (χ1n) is 9.24. The van der Waals surface area contributed by atoms with Crippen LogP contribution in [-0.4, -0.2) is 17.5 Å². The molecule has 1 amide bonds. The van der Waals surface area contributed by atoms with E-state index in [1.165, 1.54) is 0 Å². The van der Waals surface area contributed by atoms with Gasteiger partial charge in [0.05, 0.1) is 5.57 Å². The van der Waals surface area contributed by atoms with Gasteiger partial charge in [-0.05, 0) is 50.0 Å². The number of hydrogen-bond acceptors (Lipinski definition) is 3. The highest BCUT2D eigenvalue weighted by atomic mass is 16.6. The average molecular weight is 349 g/mol. The van der Waals surface area contributed by atoms with E-state index in [-0.39, 0.29) is 11.9 Å². The van der Waals surface area contributed by atoms with E-state index in [9.17, 15) is 9.59 Å². The van der Waals surface area contributed by atoms with Crippen LogP contribution in [0.25, 0.3) is 10.8 Å². The first-order chi connectivity index (χ1) is 12.5. The summed E-state index contributed by atoms with van der Waals surface area (Å²) >= 11 is 0. The topological polar surface area (TPSA) is 55.4 Å². The number of nitrogens with one attached hydrogen (secondary N) is 1. The Kier molecular flexibility index (Phi) is 4.06. The largest absolute Gasteiger partial charge is 0.451 e. The van der Waals surface area contributed by atoms with Crippen molar-refractivity contribution in [1.29, 1.82) is 0 Å². The van der Waals surface area contributed by atoms with E-state index in [2.05, 4.69) is 12.2 Å². The Morgan fingerprint density at radius 1 is 1.12 bits per heavy atom. The summed E-state index contributed by atoms with van der Waals surface area (Å²) in [6.45, 7) is 3.91. The molecular weight excluding hydrogens is 326 g/mol. The first-order valence-corrected chi connectivity index (χ1v) is 9.24. The minimum absolute atomic E-state index is 0.223. The van der Waals surface area contributed by atoms with Gasteiger partial charge in [0.25, 0.3) is 5.91 Å². The zero-order chi connectivity index (χ0) is 18.3. The number of anilines is 1. The van der Waals surface area contributed by atoms with Crippen molar-refractivity contribution in [3.8, 4) is 0 Å². The molecule has 1 saturated carbocycles. The highest BCUT2D eigenvalue weighted by molar-refractivity contribution is 6.14. The third kappa shape index (κ3) is 2.70. The molecule has 2 aromatic rings. The Balaban J connectivity index is 1.69. The van der Waals surface area contributed by atoms with Gasteiger partial charge in [-0.15, -0.1) is 0 Å². The van der Waals surface area contributed by atoms with Gasteiger partial charge in [-0.1, -0.05) is 43.3 Å². The fourth-order valence-electron chi connectivity index (χ4n) is 4.23. The molecule has 1 aliphatic carbocycles. The maximum Gasteiger partial charge on any atom is 0.335 e. The summed E-state index contributed by atoms with van der Waals surface area (Å²) in [6.07, 6.45) is 3.36. The molecule has 4 rings (SSSR count). The maximum atomic E-state index is 13.2. The molecule has 4 nitrogen and oxygen atoms in total. The molecule has 0 atom stereocenters. The second-order valence-electron chi connectivity index (χ2n) is 7.55. The van der Waals surface area contributed by atoms with Gasteiger partial charge < -0.3 is 10.1 Å². The van der Waals surface area contributed by atoms with Gasteiger partial charge in [0.1, 0.15) is 5.60 Å². The summed E-state index contributed by atoms with van der Waals surface area (Å²) in [5, 5.41) is 5.08. The quantitative estimate of drug-likeness (QED) is 0.806. The Labute approximate surface area is 153 Å².